The maximum Gasteiger partial charge on any atom is 0.410 e. The topological polar surface area (TPSA) is 123 Å². The third kappa shape index (κ3) is 8.75. The van der Waals surface area contributed by atoms with Crippen molar-refractivity contribution in [1.29, 1.82) is 0 Å². The lowest BCUT2D eigenvalue weighted by molar-refractivity contribution is -0.156. The van der Waals surface area contributed by atoms with Crippen LogP contribution in [0.25, 0.3) is 0 Å². The van der Waals surface area contributed by atoms with E-state index in [0.29, 0.717) is 39.3 Å². The molecule has 0 aromatic carbocycles. The van der Waals surface area contributed by atoms with Crippen molar-refractivity contribution < 1.29 is 38.5 Å². The van der Waals surface area contributed by atoms with Gasteiger partial charge in [0, 0.05) is 51.4 Å². The van der Waals surface area contributed by atoms with Gasteiger partial charge < -0.3 is 29.1 Å². The highest BCUT2D eigenvalue weighted by atomic mass is 35.5. The molecule has 11 heteroatoms. The largest absolute Gasteiger partial charge is 0.480 e. The van der Waals surface area contributed by atoms with E-state index in [1.807, 2.05) is 0 Å². The van der Waals surface area contributed by atoms with Crippen LogP contribution in [0.3, 0.4) is 0 Å². The van der Waals surface area contributed by atoms with E-state index in [-0.39, 0.29) is 42.6 Å². The highest BCUT2D eigenvalue weighted by Gasteiger charge is 2.40. The number of hydrogen-bond donors (Lipinski definition) is 1. The Morgan fingerprint density at radius 1 is 0.909 bits per heavy atom. The van der Waals surface area contributed by atoms with Crippen LogP contribution in [0, 0.1) is 11.8 Å². The van der Waals surface area contributed by atoms with Crippen LogP contribution in [0.4, 0.5) is 4.79 Å². The SMILES string of the molecule is CC(C)(C)OC(=O)N1CCN(C(=O)C2CCOCC2)C(C(=O)O)C1.O=C(Cl)C1CCOCC1. The second-order valence-corrected chi connectivity index (χ2v) is 9.76. The summed E-state index contributed by atoms with van der Waals surface area (Å²) in [7, 11) is 0. The van der Waals surface area contributed by atoms with Gasteiger partial charge in [-0.25, -0.2) is 9.59 Å². The van der Waals surface area contributed by atoms with Gasteiger partial charge in [0.2, 0.25) is 11.1 Å². The Morgan fingerprint density at radius 3 is 1.85 bits per heavy atom. The molecule has 3 aliphatic heterocycles. The molecule has 3 saturated heterocycles. The van der Waals surface area contributed by atoms with Gasteiger partial charge in [0.25, 0.3) is 0 Å². The highest BCUT2D eigenvalue weighted by Crippen LogP contribution is 2.22. The summed E-state index contributed by atoms with van der Waals surface area (Å²) in [6.45, 7) is 8.09. The van der Waals surface area contributed by atoms with Gasteiger partial charge in [0.05, 0.1) is 6.54 Å². The van der Waals surface area contributed by atoms with Crippen molar-refractivity contribution in [2.45, 2.75) is 58.1 Å². The van der Waals surface area contributed by atoms with Crippen LogP contribution in [0.15, 0.2) is 0 Å². The minimum Gasteiger partial charge on any atom is -0.480 e. The Bertz CT molecular complexity index is 699. The van der Waals surface area contributed by atoms with Gasteiger partial charge in [0.1, 0.15) is 11.6 Å². The van der Waals surface area contributed by atoms with E-state index in [1.165, 1.54) is 9.80 Å². The zero-order valence-corrected chi connectivity index (χ0v) is 20.3. The predicted molar refractivity (Wildman–Crippen MR) is 119 cm³/mol. The Morgan fingerprint density at radius 2 is 1.42 bits per heavy atom. The molecule has 3 fully saturated rings. The second-order valence-electron chi connectivity index (χ2n) is 9.39. The summed E-state index contributed by atoms with van der Waals surface area (Å²) < 4.78 is 15.6. The van der Waals surface area contributed by atoms with E-state index in [1.54, 1.807) is 20.8 Å². The van der Waals surface area contributed by atoms with Crippen LogP contribution in [-0.2, 0) is 28.6 Å². The van der Waals surface area contributed by atoms with E-state index < -0.39 is 23.7 Å². The van der Waals surface area contributed by atoms with E-state index in [2.05, 4.69) is 0 Å². The lowest BCUT2D eigenvalue weighted by Crippen LogP contribution is -2.61. The Hall–Kier alpha value is -1.91. The number of ether oxygens (including phenoxy) is 3. The lowest BCUT2D eigenvalue weighted by Gasteiger charge is -2.41. The molecule has 0 aromatic rings. The Labute approximate surface area is 199 Å². The summed E-state index contributed by atoms with van der Waals surface area (Å²) in [5, 5.41) is 9.28. The molecule has 2 amide bonds. The third-order valence-electron chi connectivity index (χ3n) is 5.71. The smallest absolute Gasteiger partial charge is 0.410 e. The van der Waals surface area contributed by atoms with Crippen molar-refractivity contribution >= 4 is 34.8 Å². The van der Waals surface area contributed by atoms with Crippen LogP contribution in [-0.4, -0.2) is 95.8 Å². The number of amides is 2. The van der Waals surface area contributed by atoms with Crippen molar-refractivity contribution in [3.8, 4) is 0 Å². The molecule has 0 bridgehead atoms. The number of carbonyl (C=O) groups excluding carboxylic acids is 3. The van der Waals surface area contributed by atoms with E-state index in [4.69, 9.17) is 25.8 Å². The minimum absolute atomic E-state index is 0.0559. The van der Waals surface area contributed by atoms with Gasteiger partial charge in [-0.1, -0.05) is 0 Å². The van der Waals surface area contributed by atoms with Gasteiger partial charge in [0.15, 0.2) is 0 Å². The normalized spacial score (nSPS) is 22.7. The molecule has 3 aliphatic rings. The molecule has 33 heavy (non-hydrogen) atoms. The van der Waals surface area contributed by atoms with E-state index in [9.17, 15) is 24.3 Å². The summed E-state index contributed by atoms with van der Waals surface area (Å²) in [4.78, 5) is 49.7. The molecule has 0 radical (unpaired) electrons. The maximum absolute atomic E-state index is 12.6. The molecule has 0 aromatic heterocycles. The summed E-state index contributed by atoms with van der Waals surface area (Å²) in [5.74, 6) is -1.41. The van der Waals surface area contributed by atoms with Crippen LogP contribution in [0.2, 0.25) is 0 Å². The van der Waals surface area contributed by atoms with Crippen molar-refractivity contribution in [3.05, 3.63) is 0 Å². The number of aliphatic carboxylic acids is 1. The van der Waals surface area contributed by atoms with E-state index in [0.717, 1.165) is 12.8 Å². The molecule has 1 N–H and O–H groups in total. The minimum atomic E-state index is -1.11. The quantitative estimate of drug-likeness (QED) is 0.597. The fourth-order valence-corrected chi connectivity index (χ4v) is 4.07. The van der Waals surface area contributed by atoms with Gasteiger partial charge in [-0.15, -0.1) is 0 Å². The Balaban J connectivity index is 0.000000357. The number of carboxylic acids is 1. The van der Waals surface area contributed by atoms with Crippen molar-refractivity contribution in [3.63, 3.8) is 0 Å². The summed E-state index contributed by atoms with van der Waals surface area (Å²) >= 11 is 5.26. The number of carboxylic acid groups (broad SMARTS) is 1. The molecule has 0 spiro atoms. The number of piperazine rings is 1. The van der Waals surface area contributed by atoms with Crippen LogP contribution in [0.1, 0.15) is 46.5 Å². The molecule has 1 atom stereocenters. The van der Waals surface area contributed by atoms with Crippen LogP contribution < -0.4 is 0 Å². The average Bonchev–Trinajstić information content (AvgIpc) is 2.78. The zero-order chi connectivity index (χ0) is 24.6. The van der Waals surface area contributed by atoms with Gasteiger partial charge in [-0.3, -0.25) is 9.59 Å². The van der Waals surface area contributed by atoms with E-state index >= 15 is 0 Å². The number of hydrogen-bond acceptors (Lipinski definition) is 7. The van der Waals surface area contributed by atoms with Gasteiger partial charge in [-0.05, 0) is 58.1 Å². The molecular formula is C22H35ClN2O8. The fraction of sp³-hybridized carbons (Fsp3) is 0.818. The first-order chi connectivity index (χ1) is 15.5. The predicted octanol–water partition coefficient (Wildman–Crippen LogP) is 2.12. The van der Waals surface area contributed by atoms with Crippen molar-refractivity contribution in [2.24, 2.45) is 11.8 Å². The molecule has 3 heterocycles. The molecule has 3 rings (SSSR count). The number of nitrogens with zero attached hydrogens (tertiary/aromatic N) is 2. The number of halogens is 1. The van der Waals surface area contributed by atoms with Crippen molar-refractivity contribution in [2.75, 3.05) is 46.1 Å². The monoisotopic (exact) mass is 490 g/mol. The first-order valence-corrected chi connectivity index (χ1v) is 11.7. The lowest BCUT2D eigenvalue weighted by atomic mass is 9.97. The highest BCUT2D eigenvalue weighted by molar-refractivity contribution is 6.63. The zero-order valence-electron chi connectivity index (χ0n) is 19.6. The molecule has 0 saturated carbocycles. The second kappa shape index (κ2) is 12.5. The summed E-state index contributed by atoms with van der Waals surface area (Å²) in [6, 6.07) is -1.04. The molecule has 10 nitrogen and oxygen atoms in total. The van der Waals surface area contributed by atoms with Gasteiger partial charge >= 0.3 is 12.1 Å². The summed E-state index contributed by atoms with van der Waals surface area (Å²) in [5.41, 5.74) is -0.648. The molecular weight excluding hydrogens is 456 g/mol. The fourth-order valence-electron chi connectivity index (χ4n) is 3.85. The van der Waals surface area contributed by atoms with Crippen LogP contribution >= 0.6 is 11.6 Å². The first kappa shape index (κ1) is 27.3. The number of carbonyl (C=O) groups is 4. The number of rotatable bonds is 3. The first-order valence-electron chi connectivity index (χ1n) is 11.4. The van der Waals surface area contributed by atoms with Crippen LogP contribution in [0.5, 0.6) is 0 Å². The average molecular weight is 491 g/mol. The maximum atomic E-state index is 12.6. The summed E-state index contributed by atoms with van der Waals surface area (Å²) in [6.07, 6.45) is 2.26. The standard InChI is InChI=1S/C16H26N2O6.C6H9ClO2/c1-16(2,3)24-15(22)17-6-7-18(12(10-17)14(20)21)13(19)11-4-8-23-9-5-11;7-6(8)5-1-3-9-4-2-5/h11-12H,4-10H2,1-3H3,(H,20,21);5H,1-4H2. The van der Waals surface area contributed by atoms with Crippen molar-refractivity contribution in [1.82, 2.24) is 9.80 Å². The molecule has 0 aliphatic carbocycles. The Kier molecular flexibility index (Phi) is 10.4. The molecule has 188 valence electrons. The van der Waals surface area contributed by atoms with Gasteiger partial charge in [-0.2, -0.15) is 0 Å². The third-order valence-corrected chi connectivity index (χ3v) is 6.02. The molecule has 1 unspecified atom stereocenters.